The molecule has 0 bridgehead atoms. The molecule has 0 fully saturated rings. The van der Waals surface area contributed by atoms with Crippen LogP contribution in [-0.4, -0.2) is 17.4 Å². The fourth-order valence-corrected chi connectivity index (χ4v) is 1.72. The monoisotopic (exact) mass is 249 g/mol. The van der Waals surface area contributed by atoms with Gasteiger partial charge in [0.25, 0.3) is 5.54 Å². The van der Waals surface area contributed by atoms with Crippen molar-refractivity contribution in [3.05, 3.63) is 40.3 Å². The summed E-state index contributed by atoms with van der Waals surface area (Å²) in [5.74, 6) is -1.10. The number of nitroso groups, excluding NO2 is 1. The van der Waals surface area contributed by atoms with Crippen molar-refractivity contribution in [1.82, 2.24) is 0 Å². The van der Waals surface area contributed by atoms with E-state index in [-0.39, 0.29) is 11.8 Å². The molecule has 0 radical (unpaired) electrons. The average molecular weight is 249 g/mol. The first-order chi connectivity index (χ1) is 8.46. The second-order valence-electron chi connectivity index (χ2n) is 4.58. The molecule has 0 amide bonds. The molecule has 5 nitrogen and oxygen atoms in total. The van der Waals surface area contributed by atoms with Gasteiger partial charge in [-0.1, -0.05) is 38.1 Å². The van der Waals surface area contributed by atoms with Crippen LogP contribution in [0.4, 0.5) is 0 Å². The minimum Gasteiger partial charge on any atom is -0.479 e. The molecule has 96 valence electrons. The number of carbonyl (C=O) groups excluding carboxylic acids is 1. The van der Waals surface area contributed by atoms with Crippen molar-refractivity contribution >= 4 is 12.3 Å². The van der Waals surface area contributed by atoms with Crippen LogP contribution in [0.25, 0.3) is 0 Å². The number of hydrogen-bond acceptors (Lipinski definition) is 4. The Morgan fingerprint density at radius 1 is 1.39 bits per heavy atom. The first-order valence-corrected chi connectivity index (χ1v) is 5.60. The molecule has 1 aromatic carbocycles. The highest BCUT2D eigenvalue weighted by Crippen LogP contribution is 2.24. The van der Waals surface area contributed by atoms with E-state index in [0.29, 0.717) is 5.92 Å². The highest BCUT2D eigenvalue weighted by atomic mass is 16.4. The van der Waals surface area contributed by atoms with Crippen molar-refractivity contribution in [1.29, 1.82) is 0 Å². The fourth-order valence-electron chi connectivity index (χ4n) is 1.72. The number of rotatable bonds is 6. The first kappa shape index (κ1) is 14.0. The molecule has 1 atom stereocenters. The Balaban J connectivity index is 3.13. The smallest absolute Gasteiger partial charge is 0.347 e. The molecule has 5 heteroatoms. The van der Waals surface area contributed by atoms with Crippen LogP contribution in [0.5, 0.6) is 0 Å². The van der Waals surface area contributed by atoms with Crippen molar-refractivity contribution in [3.63, 3.8) is 0 Å². The molecule has 0 aliphatic heterocycles. The van der Waals surface area contributed by atoms with E-state index in [1.165, 1.54) is 12.1 Å². The summed E-state index contributed by atoms with van der Waals surface area (Å²) in [5, 5.41) is 11.4. The van der Waals surface area contributed by atoms with E-state index in [1.54, 1.807) is 12.1 Å². The Labute approximate surface area is 105 Å². The maximum absolute atomic E-state index is 11.0. The van der Waals surface area contributed by atoms with E-state index in [4.69, 9.17) is 5.11 Å². The molecule has 1 N–H and O–H groups in total. The van der Waals surface area contributed by atoms with E-state index in [2.05, 4.69) is 19.0 Å². The Hall–Kier alpha value is -2.04. The van der Waals surface area contributed by atoms with E-state index in [0.717, 1.165) is 12.0 Å². The van der Waals surface area contributed by atoms with Gasteiger partial charge in [0.1, 0.15) is 0 Å². The molecule has 18 heavy (non-hydrogen) atoms. The Morgan fingerprint density at radius 2 is 1.94 bits per heavy atom. The summed E-state index contributed by atoms with van der Waals surface area (Å²) in [4.78, 5) is 32.6. The lowest BCUT2D eigenvalue weighted by Crippen LogP contribution is -2.35. The molecule has 0 saturated carbocycles. The van der Waals surface area contributed by atoms with Crippen molar-refractivity contribution in [2.24, 2.45) is 11.1 Å². The van der Waals surface area contributed by atoms with Crippen molar-refractivity contribution in [2.45, 2.75) is 25.8 Å². The number of benzene rings is 1. The number of aldehydes is 1. The average Bonchev–Trinajstić information content (AvgIpc) is 2.32. The number of hydrogen-bond donors (Lipinski definition) is 1. The second-order valence-corrected chi connectivity index (χ2v) is 4.58. The molecule has 0 aliphatic carbocycles. The van der Waals surface area contributed by atoms with E-state index >= 15 is 0 Å². The predicted molar refractivity (Wildman–Crippen MR) is 66.2 cm³/mol. The lowest BCUT2D eigenvalue weighted by molar-refractivity contribution is -0.145. The number of aliphatic carboxylic acids is 1. The van der Waals surface area contributed by atoms with Gasteiger partial charge in [0.15, 0.2) is 6.29 Å². The fraction of sp³-hybridized carbons (Fsp3) is 0.385. The van der Waals surface area contributed by atoms with E-state index < -0.39 is 11.5 Å². The summed E-state index contributed by atoms with van der Waals surface area (Å²) in [6.45, 7) is 4.13. The lowest BCUT2D eigenvalue weighted by atomic mass is 9.91. The van der Waals surface area contributed by atoms with Crippen LogP contribution in [0.3, 0.4) is 0 Å². The zero-order valence-corrected chi connectivity index (χ0v) is 10.3. The van der Waals surface area contributed by atoms with Crippen molar-refractivity contribution < 1.29 is 14.7 Å². The van der Waals surface area contributed by atoms with Gasteiger partial charge in [0.2, 0.25) is 0 Å². The highest BCUT2D eigenvalue weighted by molar-refractivity contribution is 5.98. The van der Waals surface area contributed by atoms with E-state index in [1.807, 2.05) is 0 Å². The Bertz CT molecular complexity index is 443. The number of carbonyl (C=O) groups is 2. The first-order valence-electron chi connectivity index (χ1n) is 5.60. The largest absolute Gasteiger partial charge is 0.479 e. The molecule has 0 saturated heterocycles. The van der Waals surface area contributed by atoms with Crippen LogP contribution in [-0.2, 0) is 21.5 Å². The summed E-state index contributed by atoms with van der Waals surface area (Å²) >= 11 is 0. The topological polar surface area (TPSA) is 83.8 Å². The van der Waals surface area contributed by atoms with Gasteiger partial charge >= 0.3 is 5.97 Å². The second kappa shape index (κ2) is 5.53. The van der Waals surface area contributed by atoms with Gasteiger partial charge in [-0.25, -0.2) is 4.79 Å². The summed E-state index contributed by atoms with van der Waals surface area (Å²) < 4.78 is 0. The molecule has 0 spiro atoms. The molecular weight excluding hydrogens is 234 g/mol. The summed E-state index contributed by atoms with van der Waals surface area (Å²) in [6, 6.07) is 6.34. The van der Waals surface area contributed by atoms with Crippen LogP contribution in [0, 0.1) is 10.8 Å². The molecular formula is C13H15NO4. The van der Waals surface area contributed by atoms with Gasteiger partial charge in [-0.2, -0.15) is 0 Å². The zero-order valence-electron chi connectivity index (χ0n) is 10.3. The number of carboxylic acid groups (broad SMARTS) is 1. The lowest BCUT2D eigenvalue weighted by Gasteiger charge is -2.15. The third-order valence-corrected chi connectivity index (χ3v) is 2.68. The molecule has 1 aromatic rings. The quantitative estimate of drug-likeness (QED) is 0.475. The normalized spacial score (nSPS) is 13.9. The minimum atomic E-state index is -2.34. The van der Waals surface area contributed by atoms with Gasteiger partial charge in [-0.3, -0.25) is 4.79 Å². The SMILES string of the molecule is CC(C)Cc1ccc(C(C=O)(N=O)C(=O)O)cc1. The van der Waals surface area contributed by atoms with Crippen LogP contribution in [0.15, 0.2) is 29.4 Å². The maximum atomic E-state index is 11.0. The Morgan fingerprint density at radius 3 is 2.28 bits per heavy atom. The van der Waals surface area contributed by atoms with Crippen LogP contribution < -0.4 is 0 Å². The van der Waals surface area contributed by atoms with Gasteiger partial charge in [0, 0.05) is 5.56 Å². The number of carboxylic acids is 1. The van der Waals surface area contributed by atoms with Gasteiger partial charge in [-0.05, 0) is 23.1 Å². The third kappa shape index (κ3) is 2.61. The molecule has 0 aromatic heterocycles. The van der Waals surface area contributed by atoms with Gasteiger partial charge < -0.3 is 5.11 Å². The summed E-state index contributed by atoms with van der Waals surface area (Å²) in [7, 11) is 0. The zero-order chi connectivity index (χ0) is 13.8. The van der Waals surface area contributed by atoms with E-state index in [9.17, 15) is 14.5 Å². The van der Waals surface area contributed by atoms with Crippen molar-refractivity contribution in [3.8, 4) is 0 Å². The molecule has 0 aliphatic rings. The molecule has 0 heterocycles. The van der Waals surface area contributed by atoms with Crippen LogP contribution in [0.1, 0.15) is 25.0 Å². The Kier molecular flexibility index (Phi) is 4.31. The van der Waals surface area contributed by atoms with Crippen molar-refractivity contribution in [2.75, 3.05) is 0 Å². The van der Waals surface area contributed by atoms with Gasteiger partial charge in [-0.15, -0.1) is 4.91 Å². The third-order valence-electron chi connectivity index (χ3n) is 2.68. The summed E-state index contributed by atoms with van der Waals surface area (Å²) in [6.07, 6.45) is 0.899. The highest BCUT2D eigenvalue weighted by Gasteiger charge is 2.42. The standard InChI is InChI=1S/C13H15NO4/c1-9(2)7-10-3-5-11(6-4-10)13(8-15,14-18)12(16)17/h3-6,8-9H,7H2,1-2H3,(H,16,17). The molecule has 1 unspecified atom stereocenters. The minimum absolute atomic E-state index is 0.0553. The predicted octanol–water partition coefficient (Wildman–Crippen LogP) is 2.13. The summed E-state index contributed by atoms with van der Waals surface area (Å²) in [5.41, 5.74) is -1.24. The van der Waals surface area contributed by atoms with Crippen LogP contribution >= 0.6 is 0 Å². The van der Waals surface area contributed by atoms with Crippen LogP contribution in [0.2, 0.25) is 0 Å². The number of nitrogens with zero attached hydrogens (tertiary/aromatic N) is 1. The maximum Gasteiger partial charge on any atom is 0.347 e. The van der Waals surface area contributed by atoms with Gasteiger partial charge in [0.05, 0.1) is 0 Å². The molecule has 1 rings (SSSR count).